The summed E-state index contributed by atoms with van der Waals surface area (Å²) in [6.07, 6.45) is 6.56. The smallest absolute Gasteiger partial charge is 0.344 e. The van der Waals surface area contributed by atoms with Gasteiger partial charge in [-0.3, -0.25) is 0 Å². The molecule has 1 rings (SSSR count). The van der Waals surface area contributed by atoms with E-state index in [0.717, 1.165) is 25.3 Å². The van der Waals surface area contributed by atoms with Gasteiger partial charge >= 0.3 is 11.9 Å². The second kappa shape index (κ2) is 7.77. The number of carbonyl (C=O) groups excluding carboxylic acids is 2. The molecule has 0 fully saturated rings. The Balaban J connectivity index is 2.33. The van der Waals surface area contributed by atoms with Gasteiger partial charge in [0.2, 0.25) is 0 Å². The Morgan fingerprint density at radius 1 is 1.47 bits per heavy atom. The molecule has 0 heterocycles. The summed E-state index contributed by atoms with van der Waals surface area (Å²) in [6, 6.07) is 0. The van der Waals surface area contributed by atoms with Crippen molar-refractivity contribution in [3.05, 3.63) is 24.3 Å². The van der Waals surface area contributed by atoms with Crippen molar-refractivity contribution < 1.29 is 19.1 Å². The lowest BCUT2D eigenvalue weighted by Crippen LogP contribution is -2.23. The molecule has 0 amide bonds. The molecule has 0 radical (unpaired) electrons. The van der Waals surface area contributed by atoms with E-state index < -0.39 is 11.9 Å². The largest absolute Gasteiger partial charge is 0.463 e. The van der Waals surface area contributed by atoms with Gasteiger partial charge in [0, 0.05) is 12.0 Å². The standard InChI is InChI=1S/C15H22O4/c1-4-12-7-6-11(3)13(8-12)9-18-15(17)10-19-14(16)5-2/h5-6,12-13H,2,4,7-10H2,1,3H3. The normalized spacial score (nSPS) is 22.3. The van der Waals surface area contributed by atoms with Gasteiger partial charge < -0.3 is 9.47 Å². The SMILES string of the molecule is C=CC(=O)OCC(=O)OCC1CC(CC)CC=C1C. The summed E-state index contributed by atoms with van der Waals surface area (Å²) in [4.78, 5) is 22.2. The fourth-order valence-electron chi connectivity index (χ4n) is 2.16. The summed E-state index contributed by atoms with van der Waals surface area (Å²) < 4.78 is 9.76. The van der Waals surface area contributed by atoms with E-state index in [1.54, 1.807) is 0 Å². The third kappa shape index (κ3) is 5.28. The molecule has 0 spiro atoms. The maximum atomic E-state index is 11.4. The van der Waals surface area contributed by atoms with Crippen molar-refractivity contribution in [3.8, 4) is 0 Å². The van der Waals surface area contributed by atoms with Gasteiger partial charge in [0.1, 0.15) is 0 Å². The van der Waals surface area contributed by atoms with Gasteiger partial charge in [0.05, 0.1) is 6.61 Å². The monoisotopic (exact) mass is 266 g/mol. The number of carbonyl (C=O) groups is 2. The second-order valence-electron chi connectivity index (χ2n) is 4.89. The minimum absolute atomic E-state index is 0.290. The van der Waals surface area contributed by atoms with Crippen molar-refractivity contribution in [3.63, 3.8) is 0 Å². The molecule has 2 atom stereocenters. The third-order valence-electron chi connectivity index (χ3n) is 3.56. The van der Waals surface area contributed by atoms with Gasteiger partial charge in [-0.2, -0.15) is 0 Å². The molecule has 0 bridgehead atoms. The van der Waals surface area contributed by atoms with Crippen LogP contribution >= 0.6 is 0 Å². The highest BCUT2D eigenvalue weighted by Gasteiger charge is 2.22. The molecule has 0 aromatic rings. The maximum absolute atomic E-state index is 11.4. The van der Waals surface area contributed by atoms with Crippen LogP contribution in [0, 0.1) is 11.8 Å². The molecule has 1 aliphatic rings. The van der Waals surface area contributed by atoms with Crippen LogP contribution in [0.1, 0.15) is 33.1 Å². The van der Waals surface area contributed by atoms with Crippen molar-refractivity contribution in [2.75, 3.05) is 13.2 Å². The zero-order chi connectivity index (χ0) is 14.3. The first-order valence-electron chi connectivity index (χ1n) is 6.68. The quantitative estimate of drug-likeness (QED) is 0.421. The van der Waals surface area contributed by atoms with E-state index in [4.69, 9.17) is 4.74 Å². The Morgan fingerprint density at radius 2 is 2.21 bits per heavy atom. The predicted molar refractivity (Wildman–Crippen MR) is 72.4 cm³/mol. The molecule has 106 valence electrons. The van der Waals surface area contributed by atoms with Crippen molar-refractivity contribution in [2.24, 2.45) is 11.8 Å². The fourth-order valence-corrected chi connectivity index (χ4v) is 2.16. The maximum Gasteiger partial charge on any atom is 0.344 e. The number of allylic oxidation sites excluding steroid dienone is 1. The van der Waals surface area contributed by atoms with E-state index in [1.807, 2.05) is 0 Å². The highest BCUT2D eigenvalue weighted by molar-refractivity contribution is 5.83. The van der Waals surface area contributed by atoms with Crippen LogP contribution < -0.4 is 0 Å². The summed E-state index contributed by atoms with van der Waals surface area (Å²) in [5.41, 5.74) is 1.28. The second-order valence-corrected chi connectivity index (χ2v) is 4.89. The molecule has 0 aliphatic heterocycles. The van der Waals surface area contributed by atoms with E-state index >= 15 is 0 Å². The minimum Gasteiger partial charge on any atom is -0.463 e. The number of ether oxygens (including phenoxy) is 2. The summed E-state index contributed by atoms with van der Waals surface area (Å²) in [6.45, 7) is 7.52. The molecule has 0 saturated carbocycles. The molecule has 0 aromatic heterocycles. The number of esters is 2. The first-order valence-corrected chi connectivity index (χ1v) is 6.68. The van der Waals surface area contributed by atoms with E-state index in [1.165, 1.54) is 5.57 Å². The van der Waals surface area contributed by atoms with Crippen LogP contribution in [0.15, 0.2) is 24.3 Å². The molecular formula is C15H22O4. The van der Waals surface area contributed by atoms with Gasteiger partial charge in [0.15, 0.2) is 6.61 Å². The van der Waals surface area contributed by atoms with Crippen molar-refractivity contribution in [2.45, 2.75) is 33.1 Å². The van der Waals surface area contributed by atoms with Gasteiger partial charge in [-0.25, -0.2) is 9.59 Å². The lowest BCUT2D eigenvalue weighted by molar-refractivity contribution is -0.157. The Kier molecular flexibility index (Phi) is 6.33. The number of hydrogen-bond acceptors (Lipinski definition) is 4. The third-order valence-corrected chi connectivity index (χ3v) is 3.56. The Bertz CT molecular complexity index is 370. The van der Waals surface area contributed by atoms with Crippen LogP contribution in [0.2, 0.25) is 0 Å². The zero-order valence-electron chi connectivity index (χ0n) is 11.7. The fraction of sp³-hybridized carbons (Fsp3) is 0.600. The van der Waals surface area contributed by atoms with E-state index in [9.17, 15) is 9.59 Å². The Hall–Kier alpha value is -1.58. The summed E-state index contributed by atoms with van der Waals surface area (Å²) >= 11 is 0. The van der Waals surface area contributed by atoms with Crippen LogP contribution in [0.25, 0.3) is 0 Å². The minimum atomic E-state index is -0.614. The topological polar surface area (TPSA) is 52.6 Å². The van der Waals surface area contributed by atoms with Crippen LogP contribution in [0.5, 0.6) is 0 Å². The lowest BCUT2D eigenvalue weighted by atomic mass is 9.81. The first kappa shape index (κ1) is 15.5. The summed E-state index contributed by atoms with van der Waals surface area (Å²) in [5.74, 6) is -0.165. The average Bonchev–Trinajstić information content (AvgIpc) is 2.43. The molecule has 19 heavy (non-hydrogen) atoms. The van der Waals surface area contributed by atoms with Gasteiger partial charge in [0.25, 0.3) is 0 Å². The Labute approximate surface area is 114 Å². The van der Waals surface area contributed by atoms with E-state index in [0.29, 0.717) is 12.5 Å². The van der Waals surface area contributed by atoms with Crippen LogP contribution in [0.3, 0.4) is 0 Å². The van der Waals surface area contributed by atoms with Crippen molar-refractivity contribution in [1.82, 2.24) is 0 Å². The highest BCUT2D eigenvalue weighted by Crippen LogP contribution is 2.30. The van der Waals surface area contributed by atoms with Gasteiger partial charge in [-0.15, -0.1) is 0 Å². The van der Waals surface area contributed by atoms with E-state index in [-0.39, 0.29) is 12.5 Å². The average molecular weight is 266 g/mol. The number of rotatable bonds is 6. The predicted octanol–water partition coefficient (Wildman–Crippen LogP) is 2.64. The highest BCUT2D eigenvalue weighted by atomic mass is 16.6. The zero-order valence-corrected chi connectivity index (χ0v) is 11.7. The molecule has 4 heteroatoms. The molecule has 1 aliphatic carbocycles. The summed E-state index contributed by atoms with van der Waals surface area (Å²) in [5, 5.41) is 0. The van der Waals surface area contributed by atoms with Crippen LogP contribution in [0.4, 0.5) is 0 Å². The van der Waals surface area contributed by atoms with Crippen molar-refractivity contribution >= 4 is 11.9 Å². The molecule has 4 nitrogen and oxygen atoms in total. The van der Waals surface area contributed by atoms with Gasteiger partial charge in [-0.1, -0.05) is 31.6 Å². The summed E-state index contributed by atoms with van der Waals surface area (Å²) in [7, 11) is 0. The van der Waals surface area contributed by atoms with E-state index in [2.05, 4.69) is 31.2 Å². The molecule has 2 unspecified atom stereocenters. The number of hydrogen-bond donors (Lipinski definition) is 0. The lowest BCUT2D eigenvalue weighted by Gasteiger charge is -2.27. The van der Waals surface area contributed by atoms with Gasteiger partial charge in [-0.05, 0) is 25.7 Å². The molecule has 0 N–H and O–H groups in total. The van der Waals surface area contributed by atoms with Crippen molar-refractivity contribution in [1.29, 1.82) is 0 Å². The first-order chi connectivity index (χ1) is 9.06. The van der Waals surface area contributed by atoms with Crippen LogP contribution in [-0.2, 0) is 19.1 Å². The van der Waals surface area contributed by atoms with Crippen LogP contribution in [-0.4, -0.2) is 25.2 Å². The molecule has 0 saturated heterocycles. The molecular weight excluding hydrogens is 244 g/mol. The Morgan fingerprint density at radius 3 is 2.84 bits per heavy atom. The molecule has 0 aromatic carbocycles.